The quantitative estimate of drug-likeness (QED) is 0.872. The molecule has 7 nitrogen and oxygen atoms in total. The van der Waals surface area contributed by atoms with Crippen LogP contribution in [0, 0.1) is 0 Å². The van der Waals surface area contributed by atoms with Crippen LogP contribution in [0.4, 0.5) is 0 Å². The number of nitrogens with one attached hydrogen (secondary N) is 1. The molecule has 0 aliphatic carbocycles. The van der Waals surface area contributed by atoms with E-state index in [9.17, 15) is 9.59 Å². The summed E-state index contributed by atoms with van der Waals surface area (Å²) in [4.78, 5) is 22.9. The van der Waals surface area contributed by atoms with Gasteiger partial charge in [-0.1, -0.05) is 0 Å². The Kier molecular flexibility index (Phi) is 4.16. The van der Waals surface area contributed by atoms with Crippen LogP contribution in [0.1, 0.15) is 39.0 Å². The molecule has 1 aromatic heterocycles. The number of benzene rings is 1. The summed E-state index contributed by atoms with van der Waals surface area (Å²) in [5.41, 5.74) is 1.77. The molecule has 0 saturated carbocycles. The van der Waals surface area contributed by atoms with Crippen LogP contribution in [0.2, 0.25) is 0 Å². The van der Waals surface area contributed by atoms with Crippen LogP contribution < -0.4 is 14.8 Å². The minimum atomic E-state index is -1.15. The minimum absolute atomic E-state index is 0.0580. The molecular weight excluding hydrogens is 314 g/mol. The van der Waals surface area contributed by atoms with E-state index in [4.69, 9.17) is 19.0 Å². The number of amides is 1. The summed E-state index contributed by atoms with van der Waals surface area (Å²) in [6, 6.07) is 4.95. The van der Waals surface area contributed by atoms with Crippen molar-refractivity contribution in [2.24, 2.45) is 0 Å². The third-order valence-corrected chi connectivity index (χ3v) is 3.81. The van der Waals surface area contributed by atoms with Gasteiger partial charge < -0.3 is 24.3 Å². The minimum Gasteiger partial charge on any atom is -0.496 e. The number of hydrogen-bond donors (Lipinski definition) is 2. The van der Waals surface area contributed by atoms with Crippen molar-refractivity contribution in [2.45, 2.75) is 26.0 Å². The first-order valence-corrected chi connectivity index (χ1v) is 7.44. The number of carboxylic acid groups (broad SMARTS) is 1. The van der Waals surface area contributed by atoms with Gasteiger partial charge in [0.25, 0.3) is 5.91 Å². The molecule has 3 rings (SSSR count). The zero-order chi connectivity index (χ0) is 17.3. The molecule has 1 aromatic carbocycles. The number of hydrogen-bond acceptors (Lipinski definition) is 5. The van der Waals surface area contributed by atoms with Crippen molar-refractivity contribution in [3.8, 4) is 11.5 Å². The van der Waals surface area contributed by atoms with Crippen LogP contribution in [0.5, 0.6) is 11.5 Å². The molecule has 1 atom stereocenters. The van der Waals surface area contributed by atoms with Crippen LogP contribution in [-0.4, -0.2) is 30.2 Å². The Bertz CT molecular complexity index is 794. The van der Waals surface area contributed by atoms with Gasteiger partial charge in [0.05, 0.1) is 12.7 Å². The standard InChI is InChI=1S/C17H17NO6/c1-9-3-10-4-13(22-2)11(5-14(10)24-9)7-18-16(19)15-6-12(8-23-15)17(20)21/h4-6,8-9H,3,7H2,1-2H3,(H,18,19)(H,20,21). The topological polar surface area (TPSA) is 98.0 Å². The Balaban J connectivity index is 1.73. The van der Waals surface area contributed by atoms with Gasteiger partial charge in [0, 0.05) is 30.2 Å². The van der Waals surface area contributed by atoms with Gasteiger partial charge in [0.1, 0.15) is 23.9 Å². The van der Waals surface area contributed by atoms with Crippen molar-refractivity contribution >= 4 is 11.9 Å². The molecule has 1 unspecified atom stereocenters. The van der Waals surface area contributed by atoms with Gasteiger partial charge >= 0.3 is 5.97 Å². The molecule has 0 fully saturated rings. The van der Waals surface area contributed by atoms with E-state index in [0.29, 0.717) is 5.75 Å². The molecule has 1 aliphatic heterocycles. The van der Waals surface area contributed by atoms with Crippen LogP contribution in [0.15, 0.2) is 28.9 Å². The highest BCUT2D eigenvalue weighted by Gasteiger charge is 2.22. The highest BCUT2D eigenvalue weighted by molar-refractivity contribution is 5.95. The average Bonchev–Trinajstić information content (AvgIpc) is 3.17. The molecular formula is C17H17NO6. The van der Waals surface area contributed by atoms with E-state index in [1.54, 1.807) is 7.11 Å². The monoisotopic (exact) mass is 331 g/mol. The van der Waals surface area contributed by atoms with Gasteiger partial charge in [-0.2, -0.15) is 0 Å². The zero-order valence-electron chi connectivity index (χ0n) is 13.3. The molecule has 2 N–H and O–H groups in total. The van der Waals surface area contributed by atoms with E-state index in [0.717, 1.165) is 29.6 Å². The lowest BCUT2D eigenvalue weighted by atomic mass is 10.1. The Morgan fingerprint density at radius 2 is 2.17 bits per heavy atom. The fourth-order valence-corrected chi connectivity index (χ4v) is 2.64. The van der Waals surface area contributed by atoms with E-state index in [-0.39, 0.29) is 24.0 Å². The number of rotatable bonds is 5. The molecule has 24 heavy (non-hydrogen) atoms. The van der Waals surface area contributed by atoms with Crippen molar-refractivity contribution in [3.63, 3.8) is 0 Å². The van der Waals surface area contributed by atoms with E-state index in [1.165, 1.54) is 6.07 Å². The van der Waals surface area contributed by atoms with Crippen molar-refractivity contribution in [2.75, 3.05) is 7.11 Å². The molecule has 126 valence electrons. The molecule has 0 bridgehead atoms. The largest absolute Gasteiger partial charge is 0.496 e. The Labute approximate surface area is 138 Å². The third kappa shape index (κ3) is 3.05. The van der Waals surface area contributed by atoms with Gasteiger partial charge in [0.15, 0.2) is 5.76 Å². The molecule has 1 amide bonds. The van der Waals surface area contributed by atoms with Gasteiger partial charge in [-0.3, -0.25) is 4.79 Å². The number of furan rings is 1. The highest BCUT2D eigenvalue weighted by atomic mass is 16.5. The first-order valence-electron chi connectivity index (χ1n) is 7.44. The number of fused-ring (bicyclic) bond motifs is 1. The smallest absolute Gasteiger partial charge is 0.338 e. The van der Waals surface area contributed by atoms with Crippen LogP contribution >= 0.6 is 0 Å². The molecule has 1 aliphatic rings. The van der Waals surface area contributed by atoms with Crippen molar-refractivity contribution < 1.29 is 28.6 Å². The molecule has 0 saturated heterocycles. The van der Waals surface area contributed by atoms with E-state index < -0.39 is 11.9 Å². The molecule has 2 heterocycles. The lowest BCUT2D eigenvalue weighted by Gasteiger charge is -2.11. The molecule has 0 spiro atoms. The SMILES string of the molecule is COc1cc2c(cc1CNC(=O)c1cc(C(=O)O)co1)OC(C)C2. The van der Waals surface area contributed by atoms with Gasteiger partial charge in [0.2, 0.25) is 0 Å². The second-order valence-electron chi connectivity index (χ2n) is 5.59. The van der Waals surface area contributed by atoms with E-state index >= 15 is 0 Å². The van der Waals surface area contributed by atoms with E-state index in [1.807, 2.05) is 19.1 Å². The van der Waals surface area contributed by atoms with Crippen LogP contribution in [0.25, 0.3) is 0 Å². The van der Waals surface area contributed by atoms with Crippen molar-refractivity contribution in [3.05, 3.63) is 46.9 Å². The Morgan fingerprint density at radius 1 is 1.38 bits per heavy atom. The maximum Gasteiger partial charge on any atom is 0.338 e. The summed E-state index contributed by atoms with van der Waals surface area (Å²) in [5.74, 6) is -0.253. The normalized spacial score (nSPS) is 15.5. The summed E-state index contributed by atoms with van der Waals surface area (Å²) in [6.45, 7) is 2.20. The van der Waals surface area contributed by atoms with Crippen molar-refractivity contribution in [1.29, 1.82) is 0 Å². The second-order valence-corrected chi connectivity index (χ2v) is 5.59. The molecule has 2 aromatic rings. The zero-order valence-corrected chi connectivity index (χ0v) is 13.3. The number of carbonyl (C=O) groups is 2. The Hall–Kier alpha value is -2.96. The third-order valence-electron chi connectivity index (χ3n) is 3.81. The lowest BCUT2D eigenvalue weighted by Crippen LogP contribution is -2.22. The molecule has 0 radical (unpaired) electrons. The first-order chi connectivity index (χ1) is 11.5. The van der Waals surface area contributed by atoms with Gasteiger partial charge in [-0.15, -0.1) is 0 Å². The summed E-state index contributed by atoms with van der Waals surface area (Å²) in [7, 11) is 1.57. The lowest BCUT2D eigenvalue weighted by molar-refractivity contribution is 0.0695. The van der Waals surface area contributed by atoms with Crippen molar-refractivity contribution in [1.82, 2.24) is 5.32 Å². The number of methoxy groups -OCH3 is 1. The average molecular weight is 331 g/mol. The predicted molar refractivity (Wildman–Crippen MR) is 83.6 cm³/mol. The predicted octanol–water partition coefficient (Wildman–Crippen LogP) is 2.24. The summed E-state index contributed by atoms with van der Waals surface area (Å²) in [6.07, 6.45) is 1.97. The maximum atomic E-state index is 12.1. The van der Waals surface area contributed by atoms with Crippen LogP contribution in [-0.2, 0) is 13.0 Å². The van der Waals surface area contributed by atoms with Gasteiger partial charge in [-0.25, -0.2) is 4.79 Å². The van der Waals surface area contributed by atoms with E-state index in [2.05, 4.69) is 5.32 Å². The Morgan fingerprint density at radius 3 is 2.83 bits per heavy atom. The fraction of sp³-hybridized carbons (Fsp3) is 0.294. The maximum absolute atomic E-state index is 12.1. The first kappa shape index (κ1) is 15.9. The van der Waals surface area contributed by atoms with Gasteiger partial charge in [-0.05, 0) is 19.1 Å². The summed E-state index contributed by atoms with van der Waals surface area (Å²) in [5, 5.41) is 11.5. The fourth-order valence-electron chi connectivity index (χ4n) is 2.64. The number of carboxylic acids is 1. The highest BCUT2D eigenvalue weighted by Crippen LogP contribution is 2.34. The number of carbonyl (C=O) groups excluding carboxylic acids is 1. The summed E-state index contributed by atoms with van der Waals surface area (Å²) < 4.78 is 16.1. The molecule has 7 heteroatoms. The number of ether oxygens (including phenoxy) is 2. The summed E-state index contributed by atoms with van der Waals surface area (Å²) >= 11 is 0. The van der Waals surface area contributed by atoms with Crippen LogP contribution in [0.3, 0.4) is 0 Å². The number of aromatic carboxylic acids is 1. The second kappa shape index (κ2) is 6.27.